The Balaban J connectivity index is 1.48. The predicted molar refractivity (Wildman–Crippen MR) is 96.3 cm³/mol. The van der Waals surface area contributed by atoms with E-state index in [-0.39, 0.29) is 30.2 Å². The molecule has 0 saturated carbocycles. The molecule has 0 bridgehead atoms. The number of carbonyl (C=O) groups is 2. The fourth-order valence-corrected chi connectivity index (χ4v) is 3.07. The average molecular weight is 376 g/mol. The Labute approximate surface area is 156 Å². The van der Waals surface area contributed by atoms with Crippen molar-refractivity contribution in [3.05, 3.63) is 70.5 Å². The van der Waals surface area contributed by atoms with Crippen molar-refractivity contribution in [1.82, 2.24) is 4.90 Å². The Morgan fingerprint density at radius 3 is 2.27 bits per heavy atom. The molecular weight excluding hydrogens is 357 g/mol. The van der Waals surface area contributed by atoms with E-state index in [0.29, 0.717) is 36.5 Å². The molecule has 26 heavy (non-hydrogen) atoms. The van der Waals surface area contributed by atoms with Gasteiger partial charge in [0, 0.05) is 23.7 Å². The van der Waals surface area contributed by atoms with E-state index in [1.54, 1.807) is 17.0 Å². The highest BCUT2D eigenvalue weighted by Crippen LogP contribution is 2.21. The molecule has 0 radical (unpaired) electrons. The van der Waals surface area contributed by atoms with Gasteiger partial charge in [-0.3, -0.25) is 9.59 Å². The van der Waals surface area contributed by atoms with Gasteiger partial charge in [0.25, 0.3) is 5.91 Å². The first-order valence-corrected chi connectivity index (χ1v) is 8.86. The summed E-state index contributed by atoms with van der Waals surface area (Å²) in [6, 6.07) is 12.6. The number of hydrogen-bond acceptors (Lipinski definition) is 3. The van der Waals surface area contributed by atoms with Gasteiger partial charge < -0.3 is 9.64 Å². The van der Waals surface area contributed by atoms with E-state index in [9.17, 15) is 14.0 Å². The first-order chi connectivity index (χ1) is 12.5. The van der Waals surface area contributed by atoms with Gasteiger partial charge in [0.1, 0.15) is 12.4 Å². The predicted octanol–water partition coefficient (Wildman–Crippen LogP) is 4.07. The molecular formula is C20H19ClFNO3. The monoisotopic (exact) mass is 375 g/mol. The minimum Gasteiger partial charge on any atom is -0.461 e. The summed E-state index contributed by atoms with van der Waals surface area (Å²) in [5.74, 6) is -0.963. The van der Waals surface area contributed by atoms with Crippen molar-refractivity contribution < 1.29 is 18.7 Å². The molecule has 1 saturated heterocycles. The molecule has 0 N–H and O–H groups in total. The number of carbonyl (C=O) groups excluding carboxylic acids is 2. The molecule has 4 nitrogen and oxygen atoms in total. The van der Waals surface area contributed by atoms with Gasteiger partial charge in [-0.05, 0) is 54.8 Å². The summed E-state index contributed by atoms with van der Waals surface area (Å²) >= 11 is 5.83. The average Bonchev–Trinajstić information content (AvgIpc) is 2.67. The van der Waals surface area contributed by atoms with E-state index in [4.69, 9.17) is 16.3 Å². The first kappa shape index (κ1) is 18.4. The number of esters is 1. The standard InChI is InChI=1S/C20H19ClFNO3/c21-17-5-1-14(2-6-17)13-26-20(25)16-9-11-23(12-10-16)19(24)15-3-7-18(22)8-4-15/h1-8,16H,9-13H2. The fraction of sp³-hybridized carbons (Fsp3) is 0.300. The van der Waals surface area contributed by atoms with Crippen LogP contribution in [-0.2, 0) is 16.1 Å². The third-order valence-electron chi connectivity index (χ3n) is 4.50. The van der Waals surface area contributed by atoms with Crippen molar-refractivity contribution in [2.45, 2.75) is 19.4 Å². The molecule has 1 heterocycles. The van der Waals surface area contributed by atoms with Crippen molar-refractivity contribution in [3.8, 4) is 0 Å². The van der Waals surface area contributed by atoms with Crippen molar-refractivity contribution >= 4 is 23.5 Å². The molecule has 6 heteroatoms. The van der Waals surface area contributed by atoms with Crippen molar-refractivity contribution in [2.75, 3.05) is 13.1 Å². The molecule has 2 aromatic rings. The molecule has 136 valence electrons. The lowest BCUT2D eigenvalue weighted by atomic mass is 9.96. The minimum atomic E-state index is -0.372. The van der Waals surface area contributed by atoms with Crippen LogP contribution in [-0.4, -0.2) is 29.9 Å². The van der Waals surface area contributed by atoms with E-state index in [1.807, 2.05) is 12.1 Å². The van der Waals surface area contributed by atoms with Crippen molar-refractivity contribution in [2.24, 2.45) is 5.92 Å². The number of hydrogen-bond donors (Lipinski definition) is 0. The Kier molecular flexibility index (Phi) is 5.89. The second-order valence-corrected chi connectivity index (χ2v) is 6.74. The summed E-state index contributed by atoms with van der Waals surface area (Å²) in [4.78, 5) is 26.3. The highest BCUT2D eigenvalue weighted by atomic mass is 35.5. The number of nitrogens with zero attached hydrogens (tertiary/aromatic N) is 1. The topological polar surface area (TPSA) is 46.6 Å². The van der Waals surface area contributed by atoms with Crippen LogP contribution in [0.4, 0.5) is 4.39 Å². The zero-order chi connectivity index (χ0) is 18.5. The van der Waals surface area contributed by atoms with Crippen LogP contribution < -0.4 is 0 Å². The summed E-state index contributed by atoms with van der Waals surface area (Å²) in [7, 11) is 0. The molecule has 0 spiro atoms. The largest absolute Gasteiger partial charge is 0.461 e. The summed E-state index contributed by atoms with van der Waals surface area (Å²) in [6.45, 7) is 1.18. The molecule has 0 atom stereocenters. The fourth-order valence-electron chi connectivity index (χ4n) is 2.95. The van der Waals surface area contributed by atoms with Crippen LogP contribution in [0.3, 0.4) is 0 Å². The molecule has 3 rings (SSSR count). The maximum Gasteiger partial charge on any atom is 0.309 e. The van der Waals surface area contributed by atoms with E-state index in [1.165, 1.54) is 24.3 Å². The maximum absolute atomic E-state index is 13.0. The zero-order valence-electron chi connectivity index (χ0n) is 14.2. The van der Waals surface area contributed by atoms with Gasteiger partial charge in [0.05, 0.1) is 5.92 Å². The van der Waals surface area contributed by atoms with Gasteiger partial charge in [-0.2, -0.15) is 0 Å². The van der Waals surface area contributed by atoms with Gasteiger partial charge in [-0.1, -0.05) is 23.7 Å². The number of amides is 1. The Morgan fingerprint density at radius 1 is 1.04 bits per heavy atom. The zero-order valence-corrected chi connectivity index (χ0v) is 14.9. The lowest BCUT2D eigenvalue weighted by Gasteiger charge is -2.31. The first-order valence-electron chi connectivity index (χ1n) is 8.49. The molecule has 1 amide bonds. The van der Waals surface area contributed by atoms with Gasteiger partial charge in [-0.25, -0.2) is 4.39 Å². The van der Waals surface area contributed by atoms with Crippen LogP contribution in [0.2, 0.25) is 5.02 Å². The molecule has 0 unspecified atom stereocenters. The maximum atomic E-state index is 13.0. The van der Waals surface area contributed by atoms with Gasteiger partial charge >= 0.3 is 5.97 Å². The van der Waals surface area contributed by atoms with E-state index in [0.717, 1.165) is 5.56 Å². The molecule has 2 aromatic carbocycles. The molecule has 0 aromatic heterocycles. The van der Waals surface area contributed by atoms with Crippen LogP contribution in [0.25, 0.3) is 0 Å². The quantitative estimate of drug-likeness (QED) is 0.756. The van der Waals surface area contributed by atoms with E-state index in [2.05, 4.69) is 0 Å². The molecule has 0 aliphatic carbocycles. The second kappa shape index (κ2) is 8.32. The Hall–Kier alpha value is -2.40. The molecule has 1 fully saturated rings. The Bertz CT molecular complexity index is 769. The van der Waals surface area contributed by atoms with E-state index >= 15 is 0 Å². The van der Waals surface area contributed by atoms with Crippen LogP contribution in [0.1, 0.15) is 28.8 Å². The van der Waals surface area contributed by atoms with Gasteiger partial charge in [0.15, 0.2) is 0 Å². The highest BCUT2D eigenvalue weighted by molar-refractivity contribution is 6.30. The summed E-state index contributed by atoms with van der Waals surface area (Å²) in [5, 5.41) is 0.637. The van der Waals surface area contributed by atoms with Crippen LogP contribution in [0.15, 0.2) is 48.5 Å². The number of ether oxygens (including phenoxy) is 1. The van der Waals surface area contributed by atoms with Crippen molar-refractivity contribution in [1.29, 1.82) is 0 Å². The smallest absolute Gasteiger partial charge is 0.309 e. The molecule has 1 aliphatic rings. The molecule has 1 aliphatic heterocycles. The number of likely N-dealkylation sites (tertiary alicyclic amines) is 1. The Morgan fingerprint density at radius 2 is 1.65 bits per heavy atom. The second-order valence-electron chi connectivity index (χ2n) is 6.31. The summed E-state index contributed by atoms with van der Waals surface area (Å²) in [5.41, 5.74) is 1.34. The SMILES string of the molecule is O=C(OCc1ccc(Cl)cc1)C1CCN(C(=O)c2ccc(F)cc2)CC1. The van der Waals surface area contributed by atoms with Crippen LogP contribution in [0, 0.1) is 11.7 Å². The normalized spacial score (nSPS) is 14.9. The third kappa shape index (κ3) is 4.61. The lowest BCUT2D eigenvalue weighted by Crippen LogP contribution is -2.40. The highest BCUT2D eigenvalue weighted by Gasteiger charge is 2.28. The third-order valence-corrected chi connectivity index (χ3v) is 4.75. The van der Waals surface area contributed by atoms with Gasteiger partial charge in [-0.15, -0.1) is 0 Å². The summed E-state index contributed by atoms with van der Waals surface area (Å²) in [6.07, 6.45) is 1.12. The minimum absolute atomic E-state index is 0.141. The summed E-state index contributed by atoms with van der Waals surface area (Å²) < 4.78 is 18.3. The van der Waals surface area contributed by atoms with Crippen LogP contribution >= 0.6 is 11.6 Å². The van der Waals surface area contributed by atoms with Crippen LogP contribution in [0.5, 0.6) is 0 Å². The van der Waals surface area contributed by atoms with Crippen molar-refractivity contribution in [3.63, 3.8) is 0 Å². The number of rotatable bonds is 4. The lowest BCUT2D eigenvalue weighted by molar-refractivity contribution is -0.151. The number of piperidine rings is 1. The van der Waals surface area contributed by atoms with E-state index < -0.39 is 0 Å². The number of halogens is 2. The number of benzene rings is 2. The van der Waals surface area contributed by atoms with Gasteiger partial charge in [0.2, 0.25) is 0 Å².